The Labute approximate surface area is 206 Å². The standard InChI is InChI=1S/C25H25ClFN5O3/c26-17-8-3-6-15(22(17)27)12-29-25(35)20-11-14-5-4-10-18(14)32(20)21(33)13-31-19-9-2-1-7-16(19)23(30-31)24(28)34/h1-3,6-9,14,18,20H,4-5,10-13H2,(H2,28,34)(H,29,35)/t14-,18-,20-/m0/s1. The number of nitrogens with one attached hydrogen (secondary N) is 1. The third-order valence-electron chi connectivity index (χ3n) is 7.09. The number of hydrogen-bond acceptors (Lipinski definition) is 4. The molecule has 3 atom stereocenters. The fourth-order valence-electron chi connectivity index (χ4n) is 5.51. The van der Waals surface area contributed by atoms with Crippen molar-refractivity contribution in [2.24, 2.45) is 11.7 Å². The minimum atomic E-state index is -0.671. The zero-order chi connectivity index (χ0) is 24.7. The number of primary amides is 1. The van der Waals surface area contributed by atoms with Crippen LogP contribution in [-0.4, -0.2) is 44.5 Å². The maximum atomic E-state index is 14.3. The number of nitrogens with two attached hydrogens (primary N) is 1. The molecule has 8 nitrogen and oxygen atoms in total. The maximum absolute atomic E-state index is 14.3. The predicted molar refractivity (Wildman–Crippen MR) is 128 cm³/mol. The third kappa shape index (κ3) is 4.25. The number of benzene rings is 2. The van der Waals surface area contributed by atoms with Gasteiger partial charge in [0, 0.05) is 23.5 Å². The lowest BCUT2D eigenvalue weighted by Crippen LogP contribution is -2.49. The van der Waals surface area contributed by atoms with Crippen molar-refractivity contribution in [3.8, 4) is 0 Å². The van der Waals surface area contributed by atoms with Gasteiger partial charge in [0.25, 0.3) is 5.91 Å². The average Bonchev–Trinajstić information content (AvgIpc) is 3.53. The number of carbonyl (C=O) groups excluding carboxylic acids is 3. The molecule has 3 N–H and O–H groups in total. The van der Waals surface area contributed by atoms with Crippen molar-refractivity contribution in [3.05, 3.63) is 64.6 Å². The first-order valence-electron chi connectivity index (χ1n) is 11.6. The van der Waals surface area contributed by atoms with Gasteiger partial charge in [0.05, 0.1) is 10.5 Å². The highest BCUT2D eigenvalue weighted by Crippen LogP contribution is 2.41. The van der Waals surface area contributed by atoms with Crippen LogP contribution in [0.15, 0.2) is 42.5 Å². The topological polar surface area (TPSA) is 110 Å². The van der Waals surface area contributed by atoms with E-state index in [2.05, 4.69) is 10.4 Å². The van der Waals surface area contributed by atoms with E-state index in [0.717, 1.165) is 19.3 Å². The van der Waals surface area contributed by atoms with Gasteiger partial charge in [-0.25, -0.2) is 4.39 Å². The number of aromatic nitrogens is 2. The van der Waals surface area contributed by atoms with Crippen molar-refractivity contribution in [3.63, 3.8) is 0 Å². The molecule has 1 saturated carbocycles. The first-order chi connectivity index (χ1) is 16.8. The lowest BCUT2D eigenvalue weighted by molar-refractivity contribution is -0.141. The van der Waals surface area contributed by atoms with Gasteiger partial charge in [-0.3, -0.25) is 19.1 Å². The Hall–Kier alpha value is -3.46. The van der Waals surface area contributed by atoms with Gasteiger partial charge in [-0.2, -0.15) is 5.10 Å². The Balaban J connectivity index is 1.37. The molecule has 0 radical (unpaired) electrons. The number of carbonyl (C=O) groups is 3. The minimum absolute atomic E-state index is 0.00858. The summed E-state index contributed by atoms with van der Waals surface area (Å²) >= 11 is 5.85. The van der Waals surface area contributed by atoms with Crippen LogP contribution in [0.25, 0.3) is 10.9 Å². The predicted octanol–water partition coefficient (Wildman–Crippen LogP) is 3.01. The van der Waals surface area contributed by atoms with Crippen LogP contribution in [-0.2, 0) is 22.7 Å². The molecule has 5 rings (SSSR count). The van der Waals surface area contributed by atoms with Crippen LogP contribution in [0.5, 0.6) is 0 Å². The number of amides is 3. The molecule has 0 unspecified atom stereocenters. The molecule has 1 aromatic heterocycles. The van der Waals surface area contributed by atoms with Crippen LogP contribution < -0.4 is 11.1 Å². The summed E-state index contributed by atoms with van der Waals surface area (Å²) in [6.45, 7) is -0.144. The van der Waals surface area contributed by atoms with Crippen LogP contribution >= 0.6 is 11.6 Å². The number of likely N-dealkylation sites (tertiary alicyclic amines) is 1. The molecule has 1 aliphatic carbocycles. The normalized spacial score (nSPS) is 21.3. The zero-order valence-electron chi connectivity index (χ0n) is 18.9. The summed E-state index contributed by atoms with van der Waals surface area (Å²) in [7, 11) is 0. The van der Waals surface area contributed by atoms with Crippen LogP contribution in [0.3, 0.4) is 0 Å². The van der Waals surface area contributed by atoms with Gasteiger partial charge < -0.3 is 16.0 Å². The van der Waals surface area contributed by atoms with E-state index in [0.29, 0.717) is 17.3 Å². The molecule has 182 valence electrons. The zero-order valence-corrected chi connectivity index (χ0v) is 19.7. The summed E-state index contributed by atoms with van der Waals surface area (Å²) in [5, 5.41) is 7.64. The highest BCUT2D eigenvalue weighted by molar-refractivity contribution is 6.30. The number of rotatable bonds is 6. The first-order valence-corrected chi connectivity index (χ1v) is 12.0. The molecule has 2 aromatic carbocycles. The molecule has 2 heterocycles. The van der Waals surface area contributed by atoms with E-state index in [4.69, 9.17) is 17.3 Å². The van der Waals surface area contributed by atoms with Crippen LogP contribution in [0.4, 0.5) is 4.39 Å². The second-order valence-electron chi connectivity index (χ2n) is 9.13. The Bertz CT molecular complexity index is 1330. The van der Waals surface area contributed by atoms with Gasteiger partial charge in [0.1, 0.15) is 18.4 Å². The van der Waals surface area contributed by atoms with E-state index in [9.17, 15) is 18.8 Å². The monoisotopic (exact) mass is 497 g/mol. The van der Waals surface area contributed by atoms with Crippen molar-refractivity contribution in [2.75, 3.05) is 0 Å². The molecule has 2 fully saturated rings. The van der Waals surface area contributed by atoms with Crippen LogP contribution in [0.2, 0.25) is 5.02 Å². The first kappa shape index (κ1) is 23.3. The summed E-state index contributed by atoms with van der Waals surface area (Å²) in [5.41, 5.74) is 6.49. The Kier molecular flexibility index (Phi) is 6.19. The van der Waals surface area contributed by atoms with Gasteiger partial charge in [-0.05, 0) is 37.3 Å². The van der Waals surface area contributed by atoms with E-state index < -0.39 is 17.8 Å². The molecular weight excluding hydrogens is 473 g/mol. The molecule has 3 amide bonds. The van der Waals surface area contributed by atoms with Crippen molar-refractivity contribution >= 4 is 40.2 Å². The Morgan fingerprint density at radius 3 is 2.74 bits per heavy atom. The number of fused-ring (bicyclic) bond motifs is 2. The molecule has 1 saturated heterocycles. The largest absolute Gasteiger partial charge is 0.364 e. The second-order valence-corrected chi connectivity index (χ2v) is 9.54. The number of hydrogen-bond donors (Lipinski definition) is 2. The van der Waals surface area contributed by atoms with Gasteiger partial charge in [-0.15, -0.1) is 0 Å². The number of halogens is 2. The van der Waals surface area contributed by atoms with Crippen molar-refractivity contribution < 1.29 is 18.8 Å². The SMILES string of the molecule is NC(=O)c1nn(CC(=O)N2[C@H](C(=O)NCc3cccc(Cl)c3F)C[C@@H]3CCC[C@@H]32)c2ccccc12. The summed E-state index contributed by atoms with van der Waals surface area (Å²) < 4.78 is 15.7. The van der Waals surface area contributed by atoms with E-state index >= 15 is 0 Å². The smallest absolute Gasteiger partial charge is 0.269 e. The van der Waals surface area contributed by atoms with Gasteiger partial charge in [-0.1, -0.05) is 48.4 Å². The summed E-state index contributed by atoms with van der Waals surface area (Å²) in [4.78, 5) is 40.3. The fourth-order valence-corrected chi connectivity index (χ4v) is 5.70. The van der Waals surface area contributed by atoms with Gasteiger partial charge >= 0.3 is 0 Å². The second kappa shape index (κ2) is 9.30. The van der Waals surface area contributed by atoms with E-state index in [-0.39, 0.29) is 53.1 Å². The summed E-state index contributed by atoms with van der Waals surface area (Å²) in [6.07, 6.45) is 3.34. The number of nitrogens with zero attached hydrogens (tertiary/aromatic N) is 3. The summed E-state index contributed by atoms with van der Waals surface area (Å²) in [6, 6.07) is 11.0. The van der Waals surface area contributed by atoms with E-state index in [1.165, 1.54) is 10.7 Å². The Morgan fingerprint density at radius 2 is 1.94 bits per heavy atom. The molecule has 35 heavy (non-hydrogen) atoms. The average molecular weight is 498 g/mol. The summed E-state index contributed by atoms with van der Waals surface area (Å²) in [5.74, 6) is -1.57. The Morgan fingerprint density at radius 1 is 1.14 bits per heavy atom. The molecule has 0 bridgehead atoms. The highest BCUT2D eigenvalue weighted by Gasteiger charge is 2.48. The van der Waals surface area contributed by atoms with Gasteiger partial charge in [0.2, 0.25) is 11.8 Å². The van der Waals surface area contributed by atoms with Crippen molar-refractivity contribution in [2.45, 2.75) is 50.9 Å². The van der Waals surface area contributed by atoms with Crippen LogP contribution in [0.1, 0.15) is 41.7 Å². The molecule has 3 aromatic rings. The van der Waals surface area contributed by atoms with Crippen molar-refractivity contribution in [1.29, 1.82) is 0 Å². The molecule has 1 aliphatic heterocycles. The molecule has 2 aliphatic rings. The van der Waals surface area contributed by atoms with Crippen LogP contribution in [0, 0.1) is 11.7 Å². The van der Waals surface area contributed by atoms with Crippen molar-refractivity contribution in [1.82, 2.24) is 20.0 Å². The molecule has 10 heteroatoms. The maximum Gasteiger partial charge on any atom is 0.269 e. The fraction of sp³-hybridized carbons (Fsp3) is 0.360. The lowest BCUT2D eigenvalue weighted by Gasteiger charge is -2.29. The number of para-hydroxylation sites is 1. The molecule has 0 spiro atoms. The van der Waals surface area contributed by atoms with E-state index in [1.807, 2.05) is 0 Å². The highest BCUT2D eigenvalue weighted by atomic mass is 35.5. The quantitative estimate of drug-likeness (QED) is 0.545. The molecular formula is C25H25ClFN5O3. The minimum Gasteiger partial charge on any atom is -0.364 e. The lowest BCUT2D eigenvalue weighted by atomic mass is 10.0. The van der Waals surface area contributed by atoms with E-state index in [1.54, 1.807) is 41.3 Å². The third-order valence-corrected chi connectivity index (χ3v) is 7.38. The van der Waals surface area contributed by atoms with Gasteiger partial charge in [0.15, 0.2) is 5.69 Å².